The molecule has 162 valence electrons. The van der Waals surface area contributed by atoms with Crippen LogP contribution in [-0.2, 0) is 15.8 Å². The van der Waals surface area contributed by atoms with Crippen LogP contribution in [0.2, 0.25) is 0 Å². The molecule has 30 heavy (non-hydrogen) atoms. The summed E-state index contributed by atoms with van der Waals surface area (Å²) in [5.74, 6) is 1.06. The molecule has 9 heteroatoms. The monoisotopic (exact) mass is 433 g/mol. The quantitative estimate of drug-likeness (QED) is 0.722. The van der Waals surface area contributed by atoms with E-state index in [9.17, 15) is 12.8 Å². The number of nitrogens with zero attached hydrogens (tertiary/aromatic N) is 5. The molecular weight excluding hydrogens is 405 g/mol. The third-order valence-electron chi connectivity index (χ3n) is 5.93. The van der Waals surface area contributed by atoms with Gasteiger partial charge < -0.3 is 9.80 Å². The Kier molecular flexibility index (Phi) is 6.19. The van der Waals surface area contributed by atoms with Crippen LogP contribution >= 0.6 is 0 Å². The van der Waals surface area contributed by atoms with E-state index in [-0.39, 0.29) is 5.75 Å². The minimum atomic E-state index is -3.49. The van der Waals surface area contributed by atoms with Crippen molar-refractivity contribution in [2.24, 2.45) is 0 Å². The van der Waals surface area contributed by atoms with E-state index in [2.05, 4.69) is 26.9 Å². The van der Waals surface area contributed by atoms with Gasteiger partial charge in [0.05, 0.1) is 5.75 Å². The maximum Gasteiger partial charge on any atom is 0.218 e. The van der Waals surface area contributed by atoms with Gasteiger partial charge >= 0.3 is 0 Å². The number of rotatable bonds is 5. The highest BCUT2D eigenvalue weighted by Crippen LogP contribution is 2.24. The molecule has 0 saturated carbocycles. The first kappa shape index (κ1) is 21.0. The van der Waals surface area contributed by atoms with E-state index in [1.54, 1.807) is 6.07 Å². The maximum absolute atomic E-state index is 13.4. The summed E-state index contributed by atoms with van der Waals surface area (Å²) >= 11 is 0. The zero-order valence-electron chi connectivity index (χ0n) is 17.2. The van der Waals surface area contributed by atoms with Crippen LogP contribution in [0.15, 0.2) is 36.4 Å². The first-order valence-corrected chi connectivity index (χ1v) is 12.1. The Morgan fingerprint density at radius 2 is 1.73 bits per heavy atom. The molecule has 3 heterocycles. The Labute approximate surface area is 177 Å². The fourth-order valence-electron chi connectivity index (χ4n) is 4.20. The van der Waals surface area contributed by atoms with Gasteiger partial charge in [-0.15, -0.1) is 10.2 Å². The van der Waals surface area contributed by atoms with Crippen LogP contribution in [0.3, 0.4) is 0 Å². The van der Waals surface area contributed by atoms with Crippen molar-refractivity contribution < 1.29 is 12.8 Å². The van der Waals surface area contributed by atoms with Crippen LogP contribution in [0.5, 0.6) is 0 Å². The number of piperidine rings is 1. The van der Waals surface area contributed by atoms with Crippen molar-refractivity contribution in [2.75, 3.05) is 42.5 Å². The molecular formula is C21H28FN5O2S. The molecule has 0 spiro atoms. The lowest BCUT2D eigenvalue weighted by molar-refractivity contribution is 0.383. The fraction of sp³-hybridized carbons (Fsp3) is 0.524. The zero-order valence-corrected chi connectivity index (χ0v) is 18.1. The van der Waals surface area contributed by atoms with E-state index in [0.29, 0.717) is 37.8 Å². The number of benzene rings is 1. The summed E-state index contributed by atoms with van der Waals surface area (Å²) < 4.78 is 40.3. The molecule has 7 nitrogen and oxygen atoms in total. The highest BCUT2D eigenvalue weighted by molar-refractivity contribution is 7.88. The van der Waals surface area contributed by atoms with E-state index in [0.717, 1.165) is 18.2 Å². The van der Waals surface area contributed by atoms with E-state index in [4.69, 9.17) is 0 Å². The zero-order chi connectivity index (χ0) is 21.1. The van der Waals surface area contributed by atoms with E-state index in [1.165, 1.54) is 41.8 Å². The molecule has 0 radical (unpaired) electrons. The second-order valence-electron chi connectivity index (χ2n) is 8.06. The van der Waals surface area contributed by atoms with Gasteiger partial charge in [-0.1, -0.05) is 12.1 Å². The van der Waals surface area contributed by atoms with Gasteiger partial charge in [0.2, 0.25) is 10.0 Å². The number of hydrogen-bond acceptors (Lipinski definition) is 6. The molecule has 2 saturated heterocycles. The highest BCUT2D eigenvalue weighted by Gasteiger charge is 2.28. The van der Waals surface area contributed by atoms with Crippen LogP contribution in [0.25, 0.3) is 0 Å². The summed E-state index contributed by atoms with van der Waals surface area (Å²) in [5, 5.41) is 8.83. The first-order chi connectivity index (χ1) is 14.4. The summed E-state index contributed by atoms with van der Waals surface area (Å²) in [5.41, 5.74) is 0.464. The summed E-state index contributed by atoms with van der Waals surface area (Å²) in [4.78, 5) is 4.36. The molecule has 2 fully saturated rings. The molecule has 2 aromatic rings. The second kappa shape index (κ2) is 8.85. The summed E-state index contributed by atoms with van der Waals surface area (Å²) in [6.45, 7) is 5.09. The van der Waals surface area contributed by atoms with Crippen molar-refractivity contribution in [3.63, 3.8) is 0 Å². The molecule has 0 N–H and O–H groups in total. The number of piperazine rings is 1. The Bertz CT molecular complexity index is 962. The molecule has 1 aromatic carbocycles. The smallest absolute Gasteiger partial charge is 0.218 e. The largest absolute Gasteiger partial charge is 0.352 e. The topological polar surface area (TPSA) is 69.6 Å². The average Bonchev–Trinajstić information content (AvgIpc) is 2.74. The van der Waals surface area contributed by atoms with Crippen molar-refractivity contribution in [1.29, 1.82) is 0 Å². The molecule has 1 unspecified atom stereocenters. The summed E-state index contributed by atoms with van der Waals surface area (Å²) in [7, 11) is -3.49. The Morgan fingerprint density at radius 1 is 1.00 bits per heavy atom. The molecule has 1 aromatic heterocycles. The second-order valence-corrected chi connectivity index (χ2v) is 10.0. The standard InChI is InChI=1S/C21H28FN5O2S/c1-17-5-2-3-10-27(17)21-9-8-20(23-24-21)25-11-13-26(14-12-25)30(28,29)16-18-6-4-7-19(22)15-18/h4,6-9,15,17H,2-3,5,10-14,16H2,1H3. The van der Waals surface area contributed by atoms with Crippen LogP contribution in [0.4, 0.5) is 16.0 Å². The molecule has 0 amide bonds. The lowest BCUT2D eigenvalue weighted by atomic mass is 10.0. The van der Waals surface area contributed by atoms with Crippen molar-refractivity contribution in [1.82, 2.24) is 14.5 Å². The minimum Gasteiger partial charge on any atom is -0.352 e. The van der Waals surface area contributed by atoms with Gasteiger partial charge in [-0.25, -0.2) is 12.8 Å². The minimum absolute atomic E-state index is 0.187. The normalized spacial score (nSPS) is 21.1. The van der Waals surface area contributed by atoms with Gasteiger partial charge in [0.15, 0.2) is 11.6 Å². The van der Waals surface area contributed by atoms with Crippen molar-refractivity contribution in [3.8, 4) is 0 Å². The number of anilines is 2. The maximum atomic E-state index is 13.4. The molecule has 2 aliphatic heterocycles. The van der Waals surface area contributed by atoms with E-state index in [1.807, 2.05) is 12.1 Å². The lowest BCUT2D eigenvalue weighted by Crippen LogP contribution is -2.49. The van der Waals surface area contributed by atoms with Crippen LogP contribution in [0, 0.1) is 5.82 Å². The molecule has 2 aliphatic rings. The van der Waals surface area contributed by atoms with Gasteiger partial charge in [-0.3, -0.25) is 0 Å². The van der Waals surface area contributed by atoms with Crippen LogP contribution in [-0.4, -0.2) is 61.7 Å². The highest BCUT2D eigenvalue weighted by atomic mass is 32.2. The van der Waals surface area contributed by atoms with Gasteiger partial charge in [0, 0.05) is 38.8 Å². The Balaban J connectivity index is 1.36. The predicted molar refractivity (Wildman–Crippen MR) is 116 cm³/mol. The van der Waals surface area contributed by atoms with Gasteiger partial charge in [0.1, 0.15) is 5.82 Å². The van der Waals surface area contributed by atoms with E-state index < -0.39 is 15.8 Å². The molecule has 1 atom stereocenters. The first-order valence-electron chi connectivity index (χ1n) is 10.5. The van der Waals surface area contributed by atoms with Crippen molar-refractivity contribution >= 4 is 21.7 Å². The van der Waals surface area contributed by atoms with E-state index >= 15 is 0 Å². The van der Waals surface area contributed by atoms with Gasteiger partial charge in [0.25, 0.3) is 0 Å². The number of hydrogen-bond donors (Lipinski definition) is 0. The average molecular weight is 434 g/mol. The number of sulfonamides is 1. The van der Waals surface area contributed by atoms with Gasteiger partial charge in [-0.05, 0) is 56.0 Å². The summed E-state index contributed by atoms with van der Waals surface area (Å²) in [6.07, 6.45) is 3.62. The molecule has 0 bridgehead atoms. The van der Waals surface area contributed by atoms with Crippen LogP contribution < -0.4 is 9.80 Å². The molecule has 0 aliphatic carbocycles. The Hall–Kier alpha value is -2.26. The number of aromatic nitrogens is 2. The van der Waals surface area contributed by atoms with Crippen molar-refractivity contribution in [2.45, 2.75) is 38.0 Å². The summed E-state index contributed by atoms with van der Waals surface area (Å²) in [6, 6.07) is 10.2. The SMILES string of the molecule is CC1CCCCN1c1ccc(N2CCN(S(=O)(=O)Cc3cccc(F)c3)CC2)nn1. The predicted octanol–water partition coefficient (Wildman–Crippen LogP) is 2.65. The third-order valence-corrected chi connectivity index (χ3v) is 7.78. The Morgan fingerprint density at radius 3 is 2.40 bits per heavy atom. The third kappa shape index (κ3) is 4.73. The number of halogens is 1. The molecule has 4 rings (SSSR count). The van der Waals surface area contributed by atoms with Crippen LogP contribution in [0.1, 0.15) is 31.7 Å². The fourth-order valence-corrected chi connectivity index (χ4v) is 5.71. The lowest BCUT2D eigenvalue weighted by Gasteiger charge is -2.35. The van der Waals surface area contributed by atoms with Crippen molar-refractivity contribution in [3.05, 3.63) is 47.8 Å². The van der Waals surface area contributed by atoms with Gasteiger partial charge in [-0.2, -0.15) is 4.31 Å².